The molecule has 0 saturated carbocycles. The van der Waals surface area contributed by atoms with E-state index in [0.717, 1.165) is 27.4 Å². The quantitative estimate of drug-likeness (QED) is 0.475. The molecule has 1 rings (SSSR count). The normalized spacial score (nSPS) is 10.1. The van der Waals surface area contributed by atoms with E-state index in [1.807, 2.05) is 26.0 Å². The number of benzene rings is 1. The number of likely N-dealkylation sites (N-methyl/N-ethyl adjacent to an activating group) is 1. The molecule has 0 saturated heterocycles. The summed E-state index contributed by atoms with van der Waals surface area (Å²) in [5.74, 6) is 5.98. The minimum Gasteiger partial charge on any atom is -0.496 e. The monoisotopic (exact) mass is 222 g/mol. The second-order valence-electron chi connectivity index (χ2n) is 3.93. The second kappa shape index (κ2) is 4.99. The summed E-state index contributed by atoms with van der Waals surface area (Å²) >= 11 is 0. The van der Waals surface area contributed by atoms with Crippen molar-refractivity contribution in [2.45, 2.75) is 20.3 Å². The zero-order valence-corrected chi connectivity index (χ0v) is 10.2. The van der Waals surface area contributed by atoms with Crippen molar-refractivity contribution in [2.75, 3.05) is 14.2 Å². The maximum Gasteiger partial charge on any atom is 0.240 e. The Balaban J connectivity index is 3.03. The number of nitrogens with zero attached hydrogens (tertiary/aromatic N) is 1. The van der Waals surface area contributed by atoms with Gasteiger partial charge in [0.15, 0.2) is 0 Å². The van der Waals surface area contributed by atoms with Crippen LogP contribution in [0.4, 0.5) is 0 Å². The van der Waals surface area contributed by atoms with Gasteiger partial charge in [-0.25, -0.2) is 5.84 Å². The first-order valence-corrected chi connectivity index (χ1v) is 5.11. The Bertz CT molecular complexity index is 400. The fraction of sp³-hybridized carbons (Fsp3) is 0.417. The molecule has 0 aliphatic carbocycles. The summed E-state index contributed by atoms with van der Waals surface area (Å²) in [5, 5.41) is 1.09. The van der Waals surface area contributed by atoms with Crippen LogP contribution in [0.2, 0.25) is 0 Å². The van der Waals surface area contributed by atoms with E-state index >= 15 is 0 Å². The van der Waals surface area contributed by atoms with E-state index in [4.69, 9.17) is 10.6 Å². The highest BCUT2D eigenvalue weighted by molar-refractivity contribution is 5.78. The molecule has 0 heterocycles. The number of carbonyl (C=O) groups excluding carboxylic acids is 1. The van der Waals surface area contributed by atoms with Crippen LogP contribution in [0.15, 0.2) is 12.1 Å². The lowest BCUT2D eigenvalue weighted by molar-refractivity contribution is -0.129. The Kier molecular flexibility index (Phi) is 3.90. The first-order valence-electron chi connectivity index (χ1n) is 5.11. The maximum absolute atomic E-state index is 11.5. The van der Waals surface area contributed by atoms with E-state index in [9.17, 15) is 4.79 Å². The van der Waals surface area contributed by atoms with Crippen molar-refractivity contribution in [2.24, 2.45) is 5.84 Å². The number of aryl methyl sites for hydroxylation is 2. The molecule has 1 aromatic carbocycles. The number of ether oxygens (including phenoxy) is 1. The number of methoxy groups -OCH3 is 1. The lowest BCUT2D eigenvalue weighted by Gasteiger charge is -2.14. The molecule has 16 heavy (non-hydrogen) atoms. The molecule has 0 fully saturated rings. The van der Waals surface area contributed by atoms with Crippen molar-refractivity contribution in [3.8, 4) is 5.75 Å². The second-order valence-corrected chi connectivity index (χ2v) is 3.93. The molecule has 0 aromatic heterocycles. The Morgan fingerprint density at radius 1 is 1.38 bits per heavy atom. The van der Waals surface area contributed by atoms with Gasteiger partial charge in [-0.1, -0.05) is 6.07 Å². The SMILES string of the molecule is COc1cc(C)c(C)cc1CC(=O)N(C)N. The van der Waals surface area contributed by atoms with Gasteiger partial charge in [0.1, 0.15) is 5.75 Å². The van der Waals surface area contributed by atoms with Crippen molar-refractivity contribution in [1.82, 2.24) is 5.01 Å². The molecule has 1 amide bonds. The minimum atomic E-state index is -0.137. The van der Waals surface area contributed by atoms with Gasteiger partial charge in [0.2, 0.25) is 5.91 Å². The molecule has 0 bridgehead atoms. The van der Waals surface area contributed by atoms with Crippen molar-refractivity contribution >= 4 is 5.91 Å². The van der Waals surface area contributed by atoms with Crippen LogP contribution in [0, 0.1) is 13.8 Å². The van der Waals surface area contributed by atoms with Gasteiger partial charge in [0.05, 0.1) is 13.5 Å². The molecule has 0 radical (unpaired) electrons. The molecule has 1 aromatic rings. The van der Waals surface area contributed by atoms with Gasteiger partial charge >= 0.3 is 0 Å². The van der Waals surface area contributed by atoms with Crippen LogP contribution in [-0.4, -0.2) is 25.1 Å². The summed E-state index contributed by atoms with van der Waals surface area (Å²) in [4.78, 5) is 11.5. The molecule has 88 valence electrons. The Hall–Kier alpha value is -1.55. The van der Waals surface area contributed by atoms with Crippen LogP contribution >= 0.6 is 0 Å². The van der Waals surface area contributed by atoms with Crippen molar-refractivity contribution in [1.29, 1.82) is 0 Å². The summed E-state index contributed by atoms with van der Waals surface area (Å²) in [7, 11) is 3.14. The smallest absolute Gasteiger partial charge is 0.240 e. The highest BCUT2D eigenvalue weighted by Crippen LogP contribution is 2.23. The topological polar surface area (TPSA) is 55.6 Å². The van der Waals surface area contributed by atoms with Crippen LogP contribution in [0.3, 0.4) is 0 Å². The fourth-order valence-corrected chi connectivity index (χ4v) is 1.47. The molecule has 0 atom stereocenters. The number of hydrazine groups is 1. The zero-order chi connectivity index (χ0) is 12.3. The first-order chi connectivity index (χ1) is 7.45. The van der Waals surface area contributed by atoms with Crippen LogP contribution in [0.5, 0.6) is 5.75 Å². The van der Waals surface area contributed by atoms with Gasteiger partial charge in [-0.2, -0.15) is 0 Å². The minimum absolute atomic E-state index is 0.137. The van der Waals surface area contributed by atoms with Gasteiger partial charge < -0.3 is 4.74 Å². The summed E-state index contributed by atoms with van der Waals surface area (Å²) < 4.78 is 5.25. The third-order valence-corrected chi connectivity index (χ3v) is 2.63. The average molecular weight is 222 g/mol. The number of hydrogen-bond acceptors (Lipinski definition) is 3. The van der Waals surface area contributed by atoms with Gasteiger partial charge in [-0.15, -0.1) is 0 Å². The van der Waals surface area contributed by atoms with Crippen molar-refractivity contribution < 1.29 is 9.53 Å². The third kappa shape index (κ3) is 2.73. The van der Waals surface area contributed by atoms with Crippen LogP contribution in [0.1, 0.15) is 16.7 Å². The van der Waals surface area contributed by atoms with Crippen LogP contribution in [0.25, 0.3) is 0 Å². The van der Waals surface area contributed by atoms with Crippen LogP contribution in [-0.2, 0) is 11.2 Å². The molecule has 0 aliphatic heterocycles. The van der Waals surface area contributed by atoms with E-state index < -0.39 is 0 Å². The number of carbonyl (C=O) groups is 1. The standard InChI is InChI=1S/C12H18N2O2/c1-8-5-10(7-12(15)14(3)13)11(16-4)6-9(8)2/h5-6H,7,13H2,1-4H3. The highest BCUT2D eigenvalue weighted by Gasteiger charge is 2.12. The Labute approximate surface area is 96.0 Å². The van der Waals surface area contributed by atoms with E-state index in [-0.39, 0.29) is 12.3 Å². The molecular formula is C12H18N2O2. The van der Waals surface area contributed by atoms with Gasteiger partial charge in [-0.3, -0.25) is 9.80 Å². The first kappa shape index (κ1) is 12.5. The maximum atomic E-state index is 11.5. The lowest BCUT2D eigenvalue weighted by Crippen LogP contribution is -2.34. The largest absolute Gasteiger partial charge is 0.496 e. The summed E-state index contributed by atoms with van der Waals surface area (Å²) in [6.45, 7) is 4.02. The number of hydrogen-bond donors (Lipinski definition) is 1. The number of amides is 1. The predicted molar refractivity (Wildman–Crippen MR) is 63.1 cm³/mol. The highest BCUT2D eigenvalue weighted by atomic mass is 16.5. The predicted octanol–water partition coefficient (Wildman–Crippen LogP) is 1.19. The van der Waals surface area contributed by atoms with Gasteiger partial charge in [0.25, 0.3) is 0 Å². The van der Waals surface area contributed by atoms with Crippen LogP contribution < -0.4 is 10.6 Å². The third-order valence-electron chi connectivity index (χ3n) is 2.63. The van der Waals surface area contributed by atoms with Crippen molar-refractivity contribution in [3.05, 3.63) is 28.8 Å². The molecule has 2 N–H and O–H groups in total. The summed E-state index contributed by atoms with van der Waals surface area (Å²) in [5.41, 5.74) is 3.16. The fourth-order valence-electron chi connectivity index (χ4n) is 1.47. The summed E-state index contributed by atoms with van der Waals surface area (Å²) in [6.07, 6.45) is 0.261. The molecular weight excluding hydrogens is 204 g/mol. The van der Waals surface area contributed by atoms with Gasteiger partial charge in [0, 0.05) is 12.6 Å². The number of nitrogens with two attached hydrogens (primary N) is 1. The summed E-state index contributed by atoms with van der Waals surface area (Å²) in [6, 6.07) is 3.91. The molecule has 4 nitrogen and oxygen atoms in total. The van der Waals surface area contributed by atoms with E-state index in [0.29, 0.717) is 0 Å². The van der Waals surface area contributed by atoms with Crippen molar-refractivity contribution in [3.63, 3.8) is 0 Å². The van der Waals surface area contributed by atoms with E-state index in [2.05, 4.69) is 0 Å². The zero-order valence-electron chi connectivity index (χ0n) is 10.2. The average Bonchev–Trinajstić information content (AvgIpc) is 2.22. The molecule has 4 heteroatoms. The van der Waals surface area contributed by atoms with E-state index in [1.54, 1.807) is 7.11 Å². The Morgan fingerprint density at radius 2 is 1.94 bits per heavy atom. The lowest BCUT2D eigenvalue weighted by atomic mass is 10.0. The molecule has 0 spiro atoms. The van der Waals surface area contributed by atoms with E-state index in [1.165, 1.54) is 7.05 Å². The van der Waals surface area contributed by atoms with Gasteiger partial charge in [-0.05, 0) is 31.0 Å². The molecule has 0 unspecified atom stereocenters. The number of rotatable bonds is 3. The molecule has 0 aliphatic rings. The Morgan fingerprint density at radius 3 is 2.44 bits per heavy atom.